The van der Waals surface area contributed by atoms with Gasteiger partial charge in [-0.15, -0.1) is 6.58 Å². The summed E-state index contributed by atoms with van der Waals surface area (Å²) >= 11 is 0. The van der Waals surface area contributed by atoms with Crippen LogP contribution in [0.25, 0.3) is 0 Å². The molecule has 0 bridgehead atoms. The Kier molecular flexibility index (Phi) is 6.14. The normalized spacial score (nSPS) is 15.1. The van der Waals surface area contributed by atoms with Gasteiger partial charge in [0.05, 0.1) is 1.37 Å². The second-order valence-electron chi connectivity index (χ2n) is 3.39. The summed E-state index contributed by atoms with van der Waals surface area (Å²) in [6, 6.07) is 0.521. The van der Waals surface area contributed by atoms with Crippen molar-refractivity contribution in [2.75, 3.05) is 0 Å². The molecule has 0 heterocycles. The van der Waals surface area contributed by atoms with Crippen LogP contribution in [0.3, 0.4) is 0 Å². The third-order valence-electron chi connectivity index (χ3n) is 2.29. The Morgan fingerprint density at radius 2 is 2.17 bits per heavy atom. The lowest BCUT2D eigenvalue weighted by molar-refractivity contribution is 0.513. The van der Waals surface area contributed by atoms with E-state index in [2.05, 4.69) is 13.5 Å². The highest BCUT2D eigenvalue weighted by Crippen LogP contribution is 2.14. The molecule has 0 aliphatic heterocycles. The Hall–Kier alpha value is -0.260. The topological polar surface area (TPSA) is 0 Å². The molecule has 0 aliphatic carbocycles. The van der Waals surface area contributed by atoms with Gasteiger partial charge in [-0.3, -0.25) is 0 Å². The highest BCUT2D eigenvalue weighted by atomic mass is 14.0. The molecule has 72 valence electrons. The highest BCUT2D eigenvalue weighted by molar-refractivity contribution is 4.77. The van der Waals surface area contributed by atoms with Gasteiger partial charge in [0.1, 0.15) is 0 Å². The highest BCUT2D eigenvalue weighted by Gasteiger charge is 1.99. The third kappa shape index (κ3) is 6.45. The zero-order valence-electron chi connectivity index (χ0n) is 10.4. The quantitative estimate of drug-likeness (QED) is 0.370. The van der Waals surface area contributed by atoms with E-state index < -0.39 is 0 Å². The van der Waals surface area contributed by atoms with Crippen LogP contribution in [-0.4, -0.2) is 0 Å². The van der Waals surface area contributed by atoms with Crippen LogP contribution in [0.5, 0.6) is 0 Å². The minimum Gasteiger partial charge on any atom is -0.103 e. The van der Waals surface area contributed by atoms with Crippen LogP contribution in [-0.2, 0) is 0 Å². The summed E-state index contributed by atoms with van der Waals surface area (Å²) in [5.41, 5.74) is 0. The van der Waals surface area contributed by atoms with Gasteiger partial charge in [-0.05, 0) is 18.8 Å². The van der Waals surface area contributed by atoms with Gasteiger partial charge in [0, 0.05) is 1.37 Å². The van der Waals surface area contributed by atoms with Crippen molar-refractivity contribution < 1.29 is 2.74 Å². The summed E-state index contributed by atoms with van der Waals surface area (Å²) < 4.78 is 14.6. The van der Waals surface area contributed by atoms with Crippen molar-refractivity contribution >= 4 is 0 Å². The van der Waals surface area contributed by atoms with Crippen LogP contribution < -0.4 is 0 Å². The van der Waals surface area contributed by atoms with Crippen molar-refractivity contribution in [3.05, 3.63) is 12.6 Å². The van der Waals surface area contributed by atoms with Crippen LogP contribution in [0, 0.1) is 5.92 Å². The number of hydrogen-bond donors (Lipinski definition) is 0. The Balaban J connectivity index is 3.46. The van der Waals surface area contributed by atoms with Crippen LogP contribution in [0.15, 0.2) is 12.6 Å². The lowest BCUT2D eigenvalue weighted by Gasteiger charge is -2.08. The smallest absolute Gasteiger partial charge is 0.0573 e. The van der Waals surface area contributed by atoms with Gasteiger partial charge >= 0.3 is 0 Å². The summed E-state index contributed by atoms with van der Waals surface area (Å²) in [5.74, 6) is 0.272. The molecule has 0 radical (unpaired) electrons. The van der Waals surface area contributed by atoms with E-state index in [1.807, 2.05) is 0 Å². The SMILES string of the molecule is [2H]CCC(CCCCCCC)C([2H])=C. The zero-order chi connectivity index (χ0) is 10.8. The second-order valence-corrected chi connectivity index (χ2v) is 3.39. The maximum Gasteiger partial charge on any atom is 0.0573 e. The Morgan fingerprint density at radius 3 is 2.75 bits per heavy atom. The standard InChI is InChI=1S/C12H24/c1-4-7-8-9-10-11-12(5-2)6-3/h5,12H,2,4,6-11H2,1,3H3/i3D,5D. The van der Waals surface area contributed by atoms with Gasteiger partial charge in [-0.1, -0.05) is 52.0 Å². The average molecular weight is 170 g/mol. The second kappa shape index (κ2) is 8.83. The van der Waals surface area contributed by atoms with E-state index in [9.17, 15) is 0 Å². The number of unbranched alkanes of at least 4 members (excludes halogenated alkanes) is 4. The first-order valence-corrected chi connectivity index (χ1v) is 5.17. The molecule has 1 unspecified atom stereocenters. The molecule has 1 atom stereocenters. The predicted molar refractivity (Wildman–Crippen MR) is 57.4 cm³/mol. The zero-order valence-corrected chi connectivity index (χ0v) is 8.44. The van der Waals surface area contributed by atoms with Gasteiger partial charge in [0.25, 0.3) is 0 Å². The van der Waals surface area contributed by atoms with Crippen LogP contribution in [0.4, 0.5) is 0 Å². The van der Waals surface area contributed by atoms with E-state index in [1.165, 1.54) is 32.1 Å². The molecule has 0 aromatic rings. The van der Waals surface area contributed by atoms with E-state index in [0.29, 0.717) is 13.0 Å². The van der Waals surface area contributed by atoms with Crippen molar-refractivity contribution in [3.8, 4) is 0 Å². The largest absolute Gasteiger partial charge is 0.103 e. The first kappa shape index (κ1) is 8.34. The van der Waals surface area contributed by atoms with Gasteiger partial charge < -0.3 is 0 Å². The molecular formula is C12H24. The molecule has 0 fully saturated rings. The van der Waals surface area contributed by atoms with Crippen LogP contribution in [0.2, 0.25) is 0 Å². The predicted octanol–water partition coefficient (Wildman–Crippen LogP) is 4.56. The number of allylic oxidation sites excluding steroid dienone is 1. The van der Waals surface area contributed by atoms with Crippen molar-refractivity contribution in [1.29, 1.82) is 0 Å². The molecule has 0 spiro atoms. The fraction of sp³-hybridized carbons (Fsp3) is 0.833. The lowest BCUT2D eigenvalue weighted by atomic mass is 9.98. The van der Waals surface area contributed by atoms with E-state index in [-0.39, 0.29) is 5.92 Å². The van der Waals surface area contributed by atoms with Gasteiger partial charge in [0.15, 0.2) is 0 Å². The maximum atomic E-state index is 7.48. The molecular weight excluding hydrogens is 144 g/mol. The minimum atomic E-state index is 0.272. The van der Waals surface area contributed by atoms with Gasteiger partial charge in [-0.25, -0.2) is 0 Å². The molecule has 0 saturated heterocycles. The summed E-state index contributed by atoms with van der Waals surface area (Å²) in [7, 11) is 0. The monoisotopic (exact) mass is 170 g/mol. The van der Waals surface area contributed by atoms with E-state index in [4.69, 9.17) is 2.74 Å². The Labute approximate surface area is 80.9 Å². The van der Waals surface area contributed by atoms with Crippen molar-refractivity contribution in [2.45, 2.75) is 58.8 Å². The molecule has 0 saturated carbocycles. The number of hydrogen-bond acceptors (Lipinski definition) is 0. The number of rotatable bonds is 8. The lowest BCUT2D eigenvalue weighted by Crippen LogP contribution is -1.93. The molecule has 0 rings (SSSR count). The summed E-state index contributed by atoms with van der Waals surface area (Å²) in [6.07, 6.45) is 8.26. The van der Waals surface area contributed by atoms with E-state index in [0.717, 1.165) is 12.8 Å². The maximum absolute atomic E-state index is 7.48. The van der Waals surface area contributed by atoms with Gasteiger partial charge in [-0.2, -0.15) is 0 Å². The first-order chi connectivity index (χ1) is 6.72. The molecule has 0 amide bonds. The van der Waals surface area contributed by atoms with Gasteiger partial charge in [0.2, 0.25) is 0 Å². The van der Waals surface area contributed by atoms with Crippen LogP contribution in [0.1, 0.15) is 61.5 Å². The third-order valence-corrected chi connectivity index (χ3v) is 2.29. The van der Waals surface area contributed by atoms with E-state index in [1.54, 1.807) is 0 Å². The fourth-order valence-electron chi connectivity index (χ4n) is 1.34. The summed E-state index contributed by atoms with van der Waals surface area (Å²) in [4.78, 5) is 0. The molecule has 12 heavy (non-hydrogen) atoms. The minimum absolute atomic E-state index is 0.272. The van der Waals surface area contributed by atoms with Crippen molar-refractivity contribution in [1.82, 2.24) is 0 Å². The Morgan fingerprint density at radius 1 is 1.42 bits per heavy atom. The van der Waals surface area contributed by atoms with E-state index >= 15 is 0 Å². The fourth-order valence-corrected chi connectivity index (χ4v) is 1.34. The average Bonchev–Trinajstić information content (AvgIpc) is 2.15. The molecule has 0 aromatic heterocycles. The molecule has 0 aromatic carbocycles. The summed E-state index contributed by atoms with van der Waals surface area (Å²) in [5, 5.41) is 0. The Bertz CT molecular complexity index is 143. The summed E-state index contributed by atoms with van der Waals surface area (Å²) in [6.45, 7) is 6.32. The molecule has 0 N–H and O–H groups in total. The van der Waals surface area contributed by atoms with Crippen LogP contribution >= 0.6 is 0 Å². The molecule has 0 aliphatic rings. The van der Waals surface area contributed by atoms with Crippen molar-refractivity contribution in [3.63, 3.8) is 0 Å². The first-order valence-electron chi connectivity index (χ1n) is 6.37. The molecule has 0 nitrogen and oxygen atoms in total. The molecule has 0 heteroatoms. The van der Waals surface area contributed by atoms with Crippen molar-refractivity contribution in [2.24, 2.45) is 5.92 Å².